The van der Waals surface area contributed by atoms with Gasteiger partial charge in [0.05, 0.1) is 17.1 Å². The summed E-state index contributed by atoms with van der Waals surface area (Å²) in [5.41, 5.74) is 5.66. The Morgan fingerprint density at radius 3 is 2.03 bits per heavy atom. The fourth-order valence-corrected chi connectivity index (χ4v) is 4.01. The van der Waals surface area contributed by atoms with Gasteiger partial charge >= 0.3 is 0 Å². The Balaban J connectivity index is 1.49. The van der Waals surface area contributed by atoms with Crippen molar-refractivity contribution in [2.24, 2.45) is 0 Å². The van der Waals surface area contributed by atoms with Gasteiger partial charge < -0.3 is 0 Å². The van der Waals surface area contributed by atoms with E-state index in [4.69, 9.17) is 10.2 Å². The molecule has 30 heavy (non-hydrogen) atoms. The van der Waals surface area contributed by atoms with Crippen LogP contribution in [0.2, 0.25) is 0 Å². The Morgan fingerprint density at radius 2 is 1.27 bits per heavy atom. The summed E-state index contributed by atoms with van der Waals surface area (Å²) < 4.78 is 3.86. The lowest BCUT2D eigenvalue weighted by Crippen LogP contribution is -2.19. The molecule has 0 saturated carbocycles. The van der Waals surface area contributed by atoms with Gasteiger partial charge in [-0.3, -0.25) is 4.90 Å². The molecule has 0 radical (unpaired) electrons. The summed E-state index contributed by atoms with van der Waals surface area (Å²) in [5.74, 6) is 1.78. The number of para-hydroxylation sites is 3. The van der Waals surface area contributed by atoms with Crippen LogP contribution in [-0.2, 0) is 6.42 Å². The molecule has 0 bridgehead atoms. The Labute approximate surface area is 174 Å². The summed E-state index contributed by atoms with van der Waals surface area (Å²) in [5, 5.41) is 9.83. The molecule has 1 aliphatic heterocycles. The smallest absolute Gasteiger partial charge is 0.164 e. The van der Waals surface area contributed by atoms with Gasteiger partial charge in [0.15, 0.2) is 11.6 Å². The molecule has 3 aromatic carbocycles. The molecule has 3 heterocycles. The average molecular weight is 389 g/mol. The first-order chi connectivity index (χ1) is 14.9. The maximum Gasteiger partial charge on any atom is 0.164 e. The fourth-order valence-electron chi connectivity index (χ4n) is 4.01. The van der Waals surface area contributed by atoms with Crippen molar-refractivity contribution in [1.29, 1.82) is 0 Å². The van der Waals surface area contributed by atoms with Crippen LogP contribution in [0.5, 0.6) is 0 Å². The first kappa shape index (κ1) is 16.8. The summed E-state index contributed by atoms with van der Waals surface area (Å²) >= 11 is 0. The van der Waals surface area contributed by atoms with E-state index in [2.05, 4.69) is 59.6 Å². The standard InChI is InChI=1S/C25H19N5/c1-3-10-21(11-4-1)28-16-15-24(26-28)30-23-14-8-7-9-19(23)17-20-18-29(27-25(20)30)22-12-5-2-6-13-22/h1-16,18H,17H2. The zero-order chi connectivity index (χ0) is 19.9. The Bertz CT molecular complexity index is 1320. The number of aromatic nitrogens is 4. The molecule has 144 valence electrons. The zero-order valence-corrected chi connectivity index (χ0v) is 16.3. The molecule has 0 aliphatic carbocycles. The van der Waals surface area contributed by atoms with Gasteiger partial charge in [-0.1, -0.05) is 54.6 Å². The highest BCUT2D eigenvalue weighted by Crippen LogP contribution is 2.42. The molecule has 6 rings (SSSR count). The van der Waals surface area contributed by atoms with Gasteiger partial charge in [0.25, 0.3) is 0 Å². The molecule has 5 nitrogen and oxygen atoms in total. The van der Waals surface area contributed by atoms with Crippen LogP contribution >= 0.6 is 0 Å². The molecule has 2 aromatic heterocycles. The third-order valence-electron chi connectivity index (χ3n) is 5.44. The normalized spacial score (nSPS) is 12.5. The number of hydrogen-bond donors (Lipinski definition) is 0. The number of nitrogens with zero attached hydrogens (tertiary/aromatic N) is 5. The quantitative estimate of drug-likeness (QED) is 0.405. The lowest BCUT2D eigenvalue weighted by atomic mass is 10.00. The Hall–Kier alpha value is -4.12. The third-order valence-corrected chi connectivity index (χ3v) is 5.44. The summed E-state index contributed by atoms with van der Waals surface area (Å²) in [4.78, 5) is 2.16. The minimum atomic E-state index is 0.852. The second-order valence-corrected chi connectivity index (χ2v) is 7.35. The van der Waals surface area contributed by atoms with E-state index in [0.29, 0.717) is 0 Å². The van der Waals surface area contributed by atoms with Crippen molar-refractivity contribution in [2.45, 2.75) is 6.42 Å². The molecule has 5 heteroatoms. The second kappa shape index (κ2) is 6.74. The lowest BCUT2D eigenvalue weighted by Gasteiger charge is -2.28. The minimum absolute atomic E-state index is 0.852. The van der Waals surface area contributed by atoms with E-state index in [1.54, 1.807) is 0 Å². The molecule has 1 aliphatic rings. The maximum absolute atomic E-state index is 4.95. The van der Waals surface area contributed by atoms with Gasteiger partial charge in [0.2, 0.25) is 0 Å². The second-order valence-electron chi connectivity index (χ2n) is 7.35. The van der Waals surface area contributed by atoms with Crippen molar-refractivity contribution in [2.75, 3.05) is 4.90 Å². The van der Waals surface area contributed by atoms with E-state index in [-0.39, 0.29) is 0 Å². The van der Waals surface area contributed by atoms with E-state index in [1.807, 2.05) is 58.0 Å². The summed E-state index contributed by atoms with van der Waals surface area (Å²) in [6.45, 7) is 0. The van der Waals surface area contributed by atoms with Crippen molar-refractivity contribution in [1.82, 2.24) is 19.6 Å². The zero-order valence-electron chi connectivity index (χ0n) is 16.3. The summed E-state index contributed by atoms with van der Waals surface area (Å²) in [6.07, 6.45) is 4.98. The highest BCUT2D eigenvalue weighted by Gasteiger charge is 2.28. The van der Waals surface area contributed by atoms with Crippen molar-refractivity contribution in [3.63, 3.8) is 0 Å². The first-order valence-corrected chi connectivity index (χ1v) is 10.00. The van der Waals surface area contributed by atoms with Crippen LogP contribution in [0.1, 0.15) is 11.1 Å². The van der Waals surface area contributed by atoms with E-state index in [0.717, 1.165) is 35.1 Å². The monoisotopic (exact) mass is 389 g/mol. The van der Waals surface area contributed by atoms with Gasteiger partial charge in [-0.2, -0.15) is 0 Å². The van der Waals surface area contributed by atoms with Crippen molar-refractivity contribution in [3.05, 3.63) is 115 Å². The van der Waals surface area contributed by atoms with Gasteiger partial charge in [0, 0.05) is 30.4 Å². The van der Waals surface area contributed by atoms with E-state index >= 15 is 0 Å². The number of hydrogen-bond acceptors (Lipinski definition) is 3. The molecule has 5 aromatic rings. The molecular weight excluding hydrogens is 370 g/mol. The Morgan fingerprint density at radius 1 is 0.600 bits per heavy atom. The summed E-state index contributed by atoms with van der Waals surface area (Å²) in [7, 11) is 0. The van der Waals surface area contributed by atoms with Crippen LogP contribution < -0.4 is 4.90 Å². The first-order valence-electron chi connectivity index (χ1n) is 10.00. The minimum Gasteiger partial charge on any atom is -0.275 e. The number of benzene rings is 3. The third kappa shape index (κ3) is 2.71. The molecule has 0 saturated heterocycles. The van der Waals surface area contributed by atoms with Crippen LogP contribution in [0, 0.1) is 0 Å². The number of rotatable bonds is 3. The van der Waals surface area contributed by atoms with Gasteiger partial charge in [-0.05, 0) is 35.9 Å². The number of fused-ring (bicyclic) bond motifs is 2. The Kier molecular flexibility index (Phi) is 3.77. The van der Waals surface area contributed by atoms with Gasteiger partial charge in [-0.15, -0.1) is 10.2 Å². The van der Waals surface area contributed by atoms with Crippen LogP contribution in [0.15, 0.2) is 103 Å². The molecule has 0 spiro atoms. The predicted octanol–water partition coefficient (Wildman–Crippen LogP) is 5.43. The van der Waals surface area contributed by atoms with Gasteiger partial charge in [0.1, 0.15) is 0 Å². The van der Waals surface area contributed by atoms with Crippen LogP contribution in [-0.4, -0.2) is 19.6 Å². The van der Waals surface area contributed by atoms with Crippen molar-refractivity contribution >= 4 is 17.3 Å². The van der Waals surface area contributed by atoms with Gasteiger partial charge in [-0.25, -0.2) is 9.36 Å². The topological polar surface area (TPSA) is 38.9 Å². The van der Waals surface area contributed by atoms with Crippen LogP contribution in [0.4, 0.5) is 17.3 Å². The number of anilines is 3. The van der Waals surface area contributed by atoms with E-state index < -0.39 is 0 Å². The highest BCUT2D eigenvalue weighted by atomic mass is 15.4. The van der Waals surface area contributed by atoms with E-state index in [9.17, 15) is 0 Å². The molecule has 0 N–H and O–H groups in total. The highest BCUT2D eigenvalue weighted by molar-refractivity contribution is 5.79. The molecule has 0 atom stereocenters. The van der Waals surface area contributed by atoms with E-state index in [1.165, 1.54) is 11.1 Å². The van der Waals surface area contributed by atoms with Crippen LogP contribution in [0.3, 0.4) is 0 Å². The largest absolute Gasteiger partial charge is 0.275 e. The lowest BCUT2D eigenvalue weighted by molar-refractivity contribution is 0.856. The molecule has 0 amide bonds. The molecule has 0 unspecified atom stereocenters. The molecule has 0 fully saturated rings. The van der Waals surface area contributed by atoms with Crippen molar-refractivity contribution < 1.29 is 0 Å². The maximum atomic E-state index is 4.95. The van der Waals surface area contributed by atoms with Crippen LogP contribution in [0.25, 0.3) is 11.4 Å². The fraction of sp³-hybridized carbons (Fsp3) is 0.0400. The molecular formula is C25H19N5. The summed E-state index contributed by atoms with van der Waals surface area (Å²) in [6, 6.07) is 30.9. The SMILES string of the molecule is c1ccc(-n2ccc(N3c4ccccc4Cc4cn(-c5ccccc5)nc43)n2)cc1. The van der Waals surface area contributed by atoms with Crippen molar-refractivity contribution in [3.8, 4) is 11.4 Å². The average Bonchev–Trinajstić information content (AvgIpc) is 3.46. The predicted molar refractivity (Wildman–Crippen MR) is 118 cm³/mol.